The van der Waals surface area contributed by atoms with Crippen molar-refractivity contribution in [2.75, 3.05) is 13.7 Å². The lowest BCUT2D eigenvalue weighted by atomic mass is 10.2. The lowest BCUT2D eigenvalue weighted by Crippen LogP contribution is -1.99. The van der Waals surface area contributed by atoms with Crippen LogP contribution in [-0.4, -0.2) is 24.4 Å². The molecular formula is C13H13FN2O2. The molecule has 0 amide bonds. The first-order valence-corrected chi connectivity index (χ1v) is 5.61. The van der Waals surface area contributed by atoms with Crippen molar-refractivity contribution in [3.05, 3.63) is 30.2 Å². The second-order valence-electron chi connectivity index (χ2n) is 3.92. The number of halogens is 1. The van der Waals surface area contributed by atoms with Crippen molar-refractivity contribution in [1.29, 1.82) is 0 Å². The number of isocyanates is 1. The van der Waals surface area contributed by atoms with Crippen molar-refractivity contribution < 1.29 is 13.9 Å². The van der Waals surface area contributed by atoms with E-state index in [9.17, 15) is 9.18 Å². The number of hydrogen-bond donors (Lipinski definition) is 0. The summed E-state index contributed by atoms with van der Waals surface area (Å²) in [6.07, 6.45) is 4.05. The van der Waals surface area contributed by atoms with Crippen molar-refractivity contribution in [3.8, 4) is 0 Å². The molecule has 0 N–H and O–H groups in total. The summed E-state index contributed by atoms with van der Waals surface area (Å²) in [4.78, 5) is 14.0. The van der Waals surface area contributed by atoms with E-state index in [2.05, 4.69) is 4.99 Å². The van der Waals surface area contributed by atoms with E-state index in [1.807, 2.05) is 4.57 Å². The van der Waals surface area contributed by atoms with Gasteiger partial charge in [0.1, 0.15) is 11.5 Å². The third-order valence-electron chi connectivity index (χ3n) is 2.74. The van der Waals surface area contributed by atoms with Gasteiger partial charge in [-0.2, -0.15) is 4.99 Å². The number of ether oxygens (including phenoxy) is 1. The Balaban J connectivity index is 2.43. The van der Waals surface area contributed by atoms with Gasteiger partial charge in [-0.15, -0.1) is 0 Å². The maximum Gasteiger partial charge on any atom is 0.240 e. The molecule has 0 saturated carbocycles. The number of aryl methyl sites for hydroxylation is 1. The van der Waals surface area contributed by atoms with Crippen LogP contribution in [0.5, 0.6) is 0 Å². The first-order chi connectivity index (χ1) is 8.76. The highest BCUT2D eigenvalue weighted by Gasteiger charge is 2.08. The van der Waals surface area contributed by atoms with Crippen molar-refractivity contribution in [2.24, 2.45) is 4.99 Å². The van der Waals surface area contributed by atoms with Crippen LogP contribution in [-0.2, 0) is 16.1 Å². The van der Waals surface area contributed by atoms with Crippen molar-refractivity contribution in [2.45, 2.75) is 13.0 Å². The highest BCUT2D eigenvalue weighted by molar-refractivity contribution is 5.92. The summed E-state index contributed by atoms with van der Waals surface area (Å²) in [5.41, 5.74) is 1.29. The van der Waals surface area contributed by atoms with E-state index in [1.165, 1.54) is 18.2 Å². The van der Waals surface area contributed by atoms with E-state index in [4.69, 9.17) is 4.74 Å². The lowest BCUT2D eigenvalue weighted by molar-refractivity contribution is 0.190. The predicted molar refractivity (Wildman–Crippen MR) is 66.2 cm³/mol. The second-order valence-corrected chi connectivity index (χ2v) is 3.92. The molecule has 1 aromatic heterocycles. The minimum Gasteiger partial charge on any atom is -0.385 e. The van der Waals surface area contributed by atoms with Gasteiger partial charge in [0.05, 0.1) is 5.52 Å². The SMILES string of the molecule is COCCCn1cc(N=C=O)c2cc(F)ccc21. The highest BCUT2D eigenvalue weighted by Crippen LogP contribution is 2.29. The number of aromatic nitrogens is 1. The number of aliphatic imine (C=N–C) groups is 1. The molecule has 0 aliphatic carbocycles. The topological polar surface area (TPSA) is 43.6 Å². The molecule has 0 atom stereocenters. The molecule has 5 heteroatoms. The van der Waals surface area contributed by atoms with Crippen LogP contribution in [0.25, 0.3) is 10.9 Å². The minimum absolute atomic E-state index is 0.348. The molecule has 0 spiro atoms. The van der Waals surface area contributed by atoms with Gasteiger partial charge in [-0.3, -0.25) is 0 Å². The maximum absolute atomic E-state index is 13.2. The molecule has 0 unspecified atom stereocenters. The van der Waals surface area contributed by atoms with Crippen LogP contribution in [0.1, 0.15) is 6.42 Å². The van der Waals surface area contributed by atoms with E-state index in [1.54, 1.807) is 19.4 Å². The molecular weight excluding hydrogens is 235 g/mol. The van der Waals surface area contributed by atoms with Crippen LogP contribution in [0.2, 0.25) is 0 Å². The van der Waals surface area contributed by atoms with Gasteiger partial charge < -0.3 is 9.30 Å². The van der Waals surface area contributed by atoms with Gasteiger partial charge in [0.15, 0.2) is 0 Å². The van der Waals surface area contributed by atoms with Crippen molar-refractivity contribution >= 4 is 22.7 Å². The molecule has 4 nitrogen and oxygen atoms in total. The molecule has 2 aromatic rings. The van der Waals surface area contributed by atoms with Gasteiger partial charge in [-0.1, -0.05) is 0 Å². The number of hydrogen-bond acceptors (Lipinski definition) is 3. The fraction of sp³-hybridized carbons (Fsp3) is 0.308. The fourth-order valence-electron chi connectivity index (χ4n) is 1.95. The Hall–Kier alpha value is -1.97. The van der Waals surface area contributed by atoms with Crippen LogP contribution < -0.4 is 0 Å². The van der Waals surface area contributed by atoms with Crippen LogP contribution in [0, 0.1) is 5.82 Å². The zero-order valence-corrected chi connectivity index (χ0v) is 10.0. The molecule has 2 rings (SSSR count). The number of rotatable bonds is 5. The average molecular weight is 248 g/mol. The molecule has 0 saturated heterocycles. The molecule has 1 aromatic carbocycles. The zero-order chi connectivity index (χ0) is 13.0. The van der Waals surface area contributed by atoms with Crippen LogP contribution >= 0.6 is 0 Å². The molecule has 18 heavy (non-hydrogen) atoms. The van der Waals surface area contributed by atoms with Gasteiger partial charge in [-0.05, 0) is 24.6 Å². The summed E-state index contributed by atoms with van der Waals surface area (Å²) in [5, 5.41) is 0.621. The van der Waals surface area contributed by atoms with Crippen LogP contribution in [0.3, 0.4) is 0 Å². The maximum atomic E-state index is 13.2. The van der Waals surface area contributed by atoms with Gasteiger partial charge in [0, 0.05) is 31.8 Å². The van der Waals surface area contributed by atoms with Crippen molar-refractivity contribution in [3.63, 3.8) is 0 Å². The van der Waals surface area contributed by atoms with Gasteiger partial charge in [-0.25, -0.2) is 9.18 Å². The summed E-state index contributed by atoms with van der Waals surface area (Å²) < 4.78 is 20.1. The monoisotopic (exact) mass is 248 g/mol. The zero-order valence-electron chi connectivity index (χ0n) is 10.0. The molecule has 0 aliphatic heterocycles. The summed E-state index contributed by atoms with van der Waals surface area (Å²) in [5.74, 6) is -0.348. The standard InChI is InChI=1S/C13H13FN2O2/c1-18-6-2-5-16-8-12(15-9-17)11-7-10(14)3-4-13(11)16/h3-4,7-8H,2,5-6H2,1H3. The number of methoxy groups -OCH3 is 1. The Kier molecular flexibility index (Phi) is 3.87. The molecule has 0 radical (unpaired) electrons. The highest BCUT2D eigenvalue weighted by atomic mass is 19.1. The summed E-state index contributed by atoms with van der Waals surface area (Å²) in [6.45, 7) is 1.37. The van der Waals surface area contributed by atoms with Crippen LogP contribution in [0.4, 0.5) is 10.1 Å². The third-order valence-corrected chi connectivity index (χ3v) is 2.74. The van der Waals surface area contributed by atoms with Crippen molar-refractivity contribution in [1.82, 2.24) is 4.57 Å². The van der Waals surface area contributed by atoms with E-state index in [-0.39, 0.29) is 5.82 Å². The first kappa shape index (κ1) is 12.5. The number of benzene rings is 1. The largest absolute Gasteiger partial charge is 0.385 e. The van der Waals surface area contributed by atoms with Gasteiger partial charge in [0.25, 0.3) is 0 Å². The predicted octanol–water partition coefficient (Wildman–Crippen LogP) is 2.78. The first-order valence-electron chi connectivity index (χ1n) is 5.61. The average Bonchev–Trinajstić information content (AvgIpc) is 2.68. The Bertz CT molecular complexity index is 600. The molecule has 0 bridgehead atoms. The summed E-state index contributed by atoms with van der Waals surface area (Å²) in [6, 6.07) is 4.45. The van der Waals surface area contributed by atoms with E-state index < -0.39 is 0 Å². The van der Waals surface area contributed by atoms with E-state index in [0.717, 1.165) is 18.5 Å². The smallest absolute Gasteiger partial charge is 0.240 e. The Morgan fingerprint density at radius 3 is 3.06 bits per heavy atom. The summed E-state index contributed by atoms with van der Waals surface area (Å²) >= 11 is 0. The van der Waals surface area contributed by atoms with Gasteiger partial charge >= 0.3 is 0 Å². The molecule has 0 aliphatic rings. The molecule has 1 heterocycles. The summed E-state index contributed by atoms with van der Waals surface area (Å²) in [7, 11) is 1.64. The number of fused-ring (bicyclic) bond motifs is 1. The lowest BCUT2D eigenvalue weighted by Gasteiger charge is -2.04. The Morgan fingerprint density at radius 1 is 1.50 bits per heavy atom. The Morgan fingerprint density at radius 2 is 2.33 bits per heavy atom. The number of carbonyl (C=O) groups excluding carboxylic acids is 1. The normalized spacial score (nSPS) is 10.6. The van der Waals surface area contributed by atoms with E-state index >= 15 is 0 Å². The Labute approximate surface area is 104 Å². The third kappa shape index (κ3) is 2.47. The van der Waals surface area contributed by atoms with Crippen LogP contribution in [0.15, 0.2) is 29.4 Å². The fourth-order valence-corrected chi connectivity index (χ4v) is 1.95. The van der Waals surface area contributed by atoms with Gasteiger partial charge in [0.2, 0.25) is 6.08 Å². The molecule has 0 fully saturated rings. The second kappa shape index (κ2) is 5.58. The molecule has 94 valence electrons. The quantitative estimate of drug-likeness (QED) is 0.464. The van der Waals surface area contributed by atoms with E-state index in [0.29, 0.717) is 17.7 Å². The minimum atomic E-state index is -0.348. The number of nitrogens with zero attached hydrogens (tertiary/aromatic N) is 2.